The van der Waals surface area contributed by atoms with Gasteiger partial charge in [-0.3, -0.25) is 5.32 Å². The van der Waals surface area contributed by atoms with Gasteiger partial charge in [0.15, 0.2) is 5.13 Å². The molecule has 3 aromatic rings. The van der Waals surface area contributed by atoms with E-state index < -0.39 is 0 Å². The van der Waals surface area contributed by atoms with Gasteiger partial charge in [0.1, 0.15) is 0 Å². The van der Waals surface area contributed by atoms with Crippen LogP contribution in [0.3, 0.4) is 0 Å². The molecule has 0 fully saturated rings. The molecule has 21 heavy (non-hydrogen) atoms. The number of anilines is 2. The summed E-state index contributed by atoms with van der Waals surface area (Å²) in [4.78, 5) is 16.3. The van der Waals surface area contributed by atoms with E-state index in [0.717, 1.165) is 21.5 Å². The van der Waals surface area contributed by atoms with Crippen LogP contribution in [0.15, 0.2) is 42.5 Å². The Morgan fingerprint density at radius 2 is 2.00 bits per heavy atom. The van der Waals surface area contributed by atoms with E-state index in [9.17, 15) is 4.79 Å². The number of amides is 2. The highest BCUT2D eigenvalue weighted by Gasteiger charge is 2.09. The summed E-state index contributed by atoms with van der Waals surface area (Å²) in [5.74, 6) is 0. The number of aryl methyl sites for hydroxylation is 1. The lowest BCUT2D eigenvalue weighted by Gasteiger charge is -2.07. The van der Waals surface area contributed by atoms with Gasteiger partial charge in [-0.2, -0.15) is 0 Å². The SMILES string of the molecule is Cc1ccccc1NC(=O)Nc1nc2ccc(Cl)cc2s1. The van der Waals surface area contributed by atoms with Crippen molar-refractivity contribution in [1.82, 2.24) is 4.98 Å². The van der Waals surface area contributed by atoms with Crippen molar-refractivity contribution in [3.05, 3.63) is 53.1 Å². The lowest BCUT2D eigenvalue weighted by molar-refractivity contribution is 0.262. The average molecular weight is 318 g/mol. The van der Waals surface area contributed by atoms with Crippen molar-refractivity contribution in [3.63, 3.8) is 0 Å². The molecule has 1 heterocycles. The average Bonchev–Trinajstić information content (AvgIpc) is 2.82. The second-order valence-corrected chi connectivity index (χ2v) is 5.99. The van der Waals surface area contributed by atoms with Gasteiger partial charge in [0.05, 0.1) is 10.2 Å². The zero-order chi connectivity index (χ0) is 14.8. The molecule has 0 spiro atoms. The van der Waals surface area contributed by atoms with Crippen LogP contribution in [0.25, 0.3) is 10.2 Å². The van der Waals surface area contributed by atoms with Gasteiger partial charge in [0, 0.05) is 10.7 Å². The van der Waals surface area contributed by atoms with Gasteiger partial charge in [0.25, 0.3) is 0 Å². The lowest BCUT2D eigenvalue weighted by atomic mass is 10.2. The molecule has 0 unspecified atom stereocenters. The molecular weight excluding hydrogens is 306 g/mol. The Morgan fingerprint density at radius 3 is 2.81 bits per heavy atom. The molecule has 106 valence electrons. The first kappa shape index (κ1) is 13.9. The second kappa shape index (κ2) is 5.71. The Balaban J connectivity index is 1.75. The monoisotopic (exact) mass is 317 g/mol. The van der Waals surface area contributed by atoms with Crippen LogP contribution >= 0.6 is 22.9 Å². The number of carbonyl (C=O) groups is 1. The first-order valence-electron chi connectivity index (χ1n) is 6.31. The van der Waals surface area contributed by atoms with Crippen LogP contribution in [0.4, 0.5) is 15.6 Å². The molecule has 0 atom stereocenters. The highest BCUT2D eigenvalue weighted by Crippen LogP contribution is 2.28. The Morgan fingerprint density at radius 1 is 1.19 bits per heavy atom. The fourth-order valence-electron chi connectivity index (χ4n) is 1.92. The van der Waals surface area contributed by atoms with E-state index in [4.69, 9.17) is 11.6 Å². The summed E-state index contributed by atoms with van der Waals surface area (Å²) in [6.07, 6.45) is 0. The van der Waals surface area contributed by atoms with Gasteiger partial charge in [-0.15, -0.1) is 0 Å². The van der Waals surface area contributed by atoms with E-state index in [1.807, 2.05) is 43.3 Å². The van der Waals surface area contributed by atoms with Gasteiger partial charge >= 0.3 is 6.03 Å². The normalized spacial score (nSPS) is 10.6. The van der Waals surface area contributed by atoms with E-state index in [-0.39, 0.29) is 6.03 Å². The predicted octanol–water partition coefficient (Wildman–Crippen LogP) is 4.90. The van der Waals surface area contributed by atoms with Crippen molar-refractivity contribution in [1.29, 1.82) is 0 Å². The third kappa shape index (κ3) is 3.15. The number of halogens is 1. The first-order chi connectivity index (χ1) is 10.1. The number of urea groups is 1. The predicted molar refractivity (Wildman–Crippen MR) is 88.5 cm³/mol. The Kier molecular flexibility index (Phi) is 3.77. The summed E-state index contributed by atoms with van der Waals surface area (Å²) in [5, 5.41) is 6.74. The largest absolute Gasteiger partial charge is 0.325 e. The number of nitrogens with one attached hydrogen (secondary N) is 2. The highest BCUT2D eigenvalue weighted by molar-refractivity contribution is 7.22. The quantitative estimate of drug-likeness (QED) is 0.706. The van der Waals surface area contributed by atoms with Crippen LogP contribution < -0.4 is 10.6 Å². The van der Waals surface area contributed by atoms with Crippen molar-refractivity contribution in [2.75, 3.05) is 10.6 Å². The second-order valence-electron chi connectivity index (χ2n) is 4.53. The summed E-state index contributed by atoms with van der Waals surface area (Å²) in [6.45, 7) is 1.94. The zero-order valence-corrected chi connectivity index (χ0v) is 12.8. The summed E-state index contributed by atoms with van der Waals surface area (Å²) >= 11 is 7.32. The minimum Gasteiger partial charge on any atom is -0.307 e. The molecule has 2 amide bonds. The van der Waals surface area contributed by atoms with Crippen molar-refractivity contribution in [3.8, 4) is 0 Å². The fourth-order valence-corrected chi connectivity index (χ4v) is 3.05. The summed E-state index contributed by atoms with van der Waals surface area (Å²) in [7, 11) is 0. The van der Waals surface area contributed by atoms with Crippen molar-refractivity contribution in [2.45, 2.75) is 6.92 Å². The van der Waals surface area contributed by atoms with Crippen LogP contribution in [0.2, 0.25) is 5.02 Å². The smallest absolute Gasteiger partial charge is 0.307 e. The molecule has 4 nitrogen and oxygen atoms in total. The van der Waals surface area contributed by atoms with Gasteiger partial charge in [-0.25, -0.2) is 9.78 Å². The number of para-hydroxylation sites is 1. The highest BCUT2D eigenvalue weighted by atomic mass is 35.5. The molecular formula is C15H12ClN3OS. The molecule has 3 rings (SSSR count). The molecule has 0 bridgehead atoms. The maximum atomic E-state index is 12.0. The number of rotatable bonds is 2. The summed E-state index contributed by atoms with van der Waals surface area (Å²) in [6, 6.07) is 12.7. The summed E-state index contributed by atoms with van der Waals surface area (Å²) < 4.78 is 0.939. The molecule has 0 saturated carbocycles. The molecule has 0 aliphatic heterocycles. The van der Waals surface area contributed by atoms with Gasteiger partial charge in [-0.05, 0) is 36.8 Å². The molecule has 6 heteroatoms. The van der Waals surface area contributed by atoms with E-state index in [1.165, 1.54) is 11.3 Å². The van der Waals surface area contributed by atoms with Gasteiger partial charge in [0.2, 0.25) is 0 Å². The molecule has 2 aromatic carbocycles. The Bertz CT molecular complexity index is 816. The minimum absolute atomic E-state index is 0.311. The summed E-state index contributed by atoms with van der Waals surface area (Å²) in [5.41, 5.74) is 2.60. The van der Waals surface area contributed by atoms with Gasteiger partial charge in [-0.1, -0.05) is 41.1 Å². The van der Waals surface area contributed by atoms with Gasteiger partial charge < -0.3 is 5.32 Å². The third-order valence-electron chi connectivity index (χ3n) is 2.96. The molecule has 1 aromatic heterocycles. The van der Waals surface area contributed by atoms with Crippen LogP contribution in [0.1, 0.15) is 5.56 Å². The van der Waals surface area contributed by atoms with Crippen LogP contribution in [0, 0.1) is 6.92 Å². The molecule has 0 saturated heterocycles. The number of fused-ring (bicyclic) bond motifs is 1. The van der Waals surface area contributed by atoms with Crippen molar-refractivity contribution >= 4 is 50.0 Å². The maximum absolute atomic E-state index is 12.0. The number of aromatic nitrogens is 1. The third-order valence-corrected chi connectivity index (χ3v) is 4.13. The van der Waals surface area contributed by atoms with E-state index in [0.29, 0.717) is 10.2 Å². The Labute approximate surface area is 130 Å². The van der Waals surface area contributed by atoms with Crippen molar-refractivity contribution < 1.29 is 4.79 Å². The van der Waals surface area contributed by atoms with E-state index in [1.54, 1.807) is 6.07 Å². The zero-order valence-electron chi connectivity index (χ0n) is 11.2. The van der Waals surface area contributed by atoms with Crippen molar-refractivity contribution in [2.24, 2.45) is 0 Å². The number of carbonyl (C=O) groups excluding carboxylic acids is 1. The fraction of sp³-hybridized carbons (Fsp3) is 0.0667. The topological polar surface area (TPSA) is 54.0 Å². The van der Waals surface area contributed by atoms with Crippen LogP contribution in [-0.2, 0) is 0 Å². The standard InChI is InChI=1S/C15H12ClN3OS/c1-9-4-2-3-5-11(9)17-14(20)19-15-18-12-7-6-10(16)8-13(12)21-15/h2-8H,1H3,(H2,17,18,19,20). The van der Waals surface area contributed by atoms with E-state index >= 15 is 0 Å². The number of nitrogens with zero attached hydrogens (tertiary/aromatic N) is 1. The number of benzene rings is 2. The molecule has 0 aliphatic carbocycles. The first-order valence-corrected chi connectivity index (χ1v) is 7.51. The number of hydrogen-bond acceptors (Lipinski definition) is 3. The van der Waals surface area contributed by atoms with E-state index in [2.05, 4.69) is 15.6 Å². The maximum Gasteiger partial charge on any atom is 0.325 e. The molecule has 2 N–H and O–H groups in total. The van der Waals surface area contributed by atoms with Crippen LogP contribution in [0.5, 0.6) is 0 Å². The number of thiazole rings is 1. The lowest BCUT2D eigenvalue weighted by Crippen LogP contribution is -2.19. The van der Waals surface area contributed by atoms with Crippen LogP contribution in [-0.4, -0.2) is 11.0 Å². The minimum atomic E-state index is -0.311. The molecule has 0 radical (unpaired) electrons. The molecule has 0 aliphatic rings. The number of hydrogen-bond donors (Lipinski definition) is 2. The Hall–Kier alpha value is -2.11.